The number of esters is 1. The third kappa shape index (κ3) is 2.84. The fraction of sp³-hybridized carbons (Fsp3) is 0.333. The van der Waals surface area contributed by atoms with Gasteiger partial charge < -0.3 is 10.1 Å². The Kier molecular flexibility index (Phi) is 4.00. The molecule has 19 heavy (non-hydrogen) atoms. The Morgan fingerprint density at radius 2 is 2.05 bits per heavy atom. The van der Waals surface area contributed by atoms with Crippen molar-refractivity contribution in [3.63, 3.8) is 0 Å². The third-order valence-corrected chi connectivity index (χ3v) is 3.17. The molecule has 1 aromatic carbocycles. The molecule has 0 spiro atoms. The van der Waals surface area contributed by atoms with E-state index in [-0.39, 0.29) is 24.2 Å². The molecule has 0 radical (unpaired) electrons. The largest absolute Gasteiger partial charge is 0.463 e. The topological polar surface area (TPSA) is 55.4 Å². The van der Waals surface area contributed by atoms with Gasteiger partial charge in [-0.05, 0) is 19.4 Å². The minimum atomic E-state index is -0.353. The van der Waals surface area contributed by atoms with Gasteiger partial charge in [0, 0.05) is 18.0 Å². The monoisotopic (exact) mass is 259 g/mol. The Bertz CT molecular complexity index is 519. The Morgan fingerprint density at radius 1 is 1.37 bits per heavy atom. The van der Waals surface area contributed by atoms with Gasteiger partial charge in [0.2, 0.25) is 5.91 Å². The average molecular weight is 259 g/mol. The summed E-state index contributed by atoms with van der Waals surface area (Å²) in [5.74, 6) is -0.651. The zero-order valence-corrected chi connectivity index (χ0v) is 11.1. The van der Waals surface area contributed by atoms with E-state index in [1.54, 1.807) is 13.8 Å². The summed E-state index contributed by atoms with van der Waals surface area (Å²) in [7, 11) is 0. The summed E-state index contributed by atoms with van der Waals surface area (Å²) in [6.07, 6.45) is 0.273. The van der Waals surface area contributed by atoms with Crippen LogP contribution in [0, 0.1) is 0 Å². The lowest BCUT2D eigenvalue weighted by Crippen LogP contribution is -2.34. The second-order valence-electron chi connectivity index (χ2n) is 4.47. The first kappa shape index (κ1) is 13.3. The highest BCUT2D eigenvalue weighted by Gasteiger charge is 2.32. The van der Waals surface area contributed by atoms with Gasteiger partial charge in [-0.25, -0.2) is 4.79 Å². The molecule has 1 heterocycles. The normalized spacial score (nSPS) is 19.1. The fourth-order valence-electron chi connectivity index (χ4n) is 2.35. The first-order chi connectivity index (χ1) is 9.13. The fourth-order valence-corrected chi connectivity index (χ4v) is 2.35. The number of ether oxygens (including phenoxy) is 1. The predicted molar refractivity (Wildman–Crippen MR) is 71.3 cm³/mol. The van der Waals surface area contributed by atoms with Gasteiger partial charge in [-0.3, -0.25) is 4.79 Å². The van der Waals surface area contributed by atoms with Gasteiger partial charge >= 0.3 is 5.97 Å². The number of allylic oxidation sites excluding steroid dienone is 1. The van der Waals surface area contributed by atoms with Crippen LogP contribution in [0.3, 0.4) is 0 Å². The molecular weight excluding hydrogens is 242 g/mol. The Hall–Kier alpha value is -2.10. The predicted octanol–water partition coefficient (Wildman–Crippen LogP) is 2.13. The van der Waals surface area contributed by atoms with Crippen LogP contribution in [0.2, 0.25) is 0 Å². The highest BCUT2D eigenvalue weighted by molar-refractivity contribution is 5.95. The van der Waals surface area contributed by atoms with E-state index in [2.05, 4.69) is 5.32 Å². The number of carbonyl (C=O) groups excluding carboxylic acids is 2. The van der Waals surface area contributed by atoms with Crippen molar-refractivity contribution in [3.8, 4) is 0 Å². The summed E-state index contributed by atoms with van der Waals surface area (Å²) in [4.78, 5) is 23.8. The molecule has 1 aliphatic rings. The highest BCUT2D eigenvalue weighted by atomic mass is 16.5. The quantitative estimate of drug-likeness (QED) is 0.846. The van der Waals surface area contributed by atoms with Crippen LogP contribution in [-0.2, 0) is 14.3 Å². The van der Waals surface area contributed by atoms with Gasteiger partial charge in [0.25, 0.3) is 0 Å². The van der Waals surface area contributed by atoms with Crippen LogP contribution >= 0.6 is 0 Å². The molecule has 1 aliphatic heterocycles. The van der Waals surface area contributed by atoms with Crippen LogP contribution in [0.15, 0.2) is 41.6 Å². The third-order valence-electron chi connectivity index (χ3n) is 3.17. The van der Waals surface area contributed by atoms with Crippen molar-refractivity contribution in [2.24, 2.45) is 0 Å². The smallest absolute Gasteiger partial charge is 0.336 e. The summed E-state index contributed by atoms with van der Waals surface area (Å²) in [6.45, 7) is 3.83. The van der Waals surface area contributed by atoms with Gasteiger partial charge in [-0.2, -0.15) is 0 Å². The number of amides is 1. The standard InChI is InChI=1S/C15H17NO3/c1-3-19-15(18)14-10(2)16-13(17)9-12(14)11-7-5-4-6-8-11/h4-8,12H,3,9H2,1-2H3,(H,16,17)/t12-/m1/s1. The Balaban J connectivity index is 2.41. The van der Waals surface area contributed by atoms with E-state index in [1.165, 1.54) is 0 Å². The van der Waals surface area contributed by atoms with Crippen molar-refractivity contribution >= 4 is 11.9 Å². The maximum atomic E-state index is 12.1. The molecule has 0 unspecified atom stereocenters. The van der Waals surface area contributed by atoms with E-state index < -0.39 is 0 Å². The molecule has 0 saturated heterocycles. The number of carbonyl (C=O) groups is 2. The SMILES string of the molecule is CCOC(=O)C1=C(C)NC(=O)C[C@@H]1c1ccccc1. The molecule has 0 fully saturated rings. The molecule has 4 heteroatoms. The average Bonchev–Trinajstić information content (AvgIpc) is 2.39. The minimum absolute atomic E-state index is 0.0700. The van der Waals surface area contributed by atoms with E-state index >= 15 is 0 Å². The molecule has 0 saturated carbocycles. The molecular formula is C15H17NO3. The van der Waals surface area contributed by atoms with Crippen LogP contribution < -0.4 is 5.32 Å². The number of hydrogen-bond donors (Lipinski definition) is 1. The summed E-state index contributed by atoms with van der Waals surface area (Å²) in [5.41, 5.74) is 2.09. The lowest BCUT2D eigenvalue weighted by Gasteiger charge is -2.26. The molecule has 100 valence electrons. The number of nitrogens with one attached hydrogen (secondary N) is 1. The zero-order valence-electron chi connectivity index (χ0n) is 11.1. The molecule has 0 aliphatic carbocycles. The van der Waals surface area contributed by atoms with E-state index in [4.69, 9.17) is 4.74 Å². The maximum Gasteiger partial charge on any atom is 0.336 e. The second kappa shape index (κ2) is 5.69. The lowest BCUT2D eigenvalue weighted by atomic mass is 9.84. The van der Waals surface area contributed by atoms with E-state index in [9.17, 15) is 9.59 Å². The molecule has 2 rings (SSSR count). The van der Waals surface area contributed by atoms with Crippen molar-refractivity contribution in [2.75, 3.05) is 6.61 Å². The van der Waals surface area contributed by atoms with Crippen molar-refractivity contribution in [1.82, 2.24) is 5.32 Å². The number of hydrogen-bond acceptors (Lipinski definition) is 3. The van der Waals surface area contributed by atoms with Crippen molar-refractivity contribution in [1.29, 1.82) is 0 Å². The van der Waals surface area contributed by atoms with Gasteiger partial charge in [0.15, 0.2) is 0 Å². The Morgan fingerprint density at radius 3 is 2.68 bits per heavy atom. The van der Waals surface area contributed by atoms with E-state index in [0.29, 0.717) is 17.9 Å². The van der Waals surface area contributed by atoms with Crippen LogP contribution in [0.5, 0.6) is 0 Å². The summed E-state index contributed by atoms with van der Waals surface area (Å²) in [6, 6.07) is 9.57. The second-order valence-corrected chi connectivity index (χ2v) is 4.47. The molecule has 1 aromatic rings. The zero-order chi connectivity index (χ0) is 13.8. The van der Waals surface area contributed by atoms with Crippen molar-refractivity contribution in [3.05, 3.63) is 47.2 Å². The Labute approximate surface area is 112 Å². The van der Waals surface area contributed by atoms with E-state index in [1.807, 2.05) is 30.3 Å². The molecule has 0 aromatic heterocycles. The lowest BCUT2D eigenvalue weighted by molar-refractivity contribution is -0.139. The maximum absolute atomic E-state index is 12.1. The number of rotatable bonds is 3. The first-order valence-corrected chi connectivity index (χ1v) is 6.36. The van der Waals surface area contributed by atoms with E-state index in [0.717, 1.165) is 5.56 Å². The molecule has 1 N–H and O–H groups in total. The molecule has 0 bridgehead atoms. The minimum Gasteiger partial charge on any atom is -0.463 e. The van der Waals surface area contributed by atoms with Crippen LogP contribution in [0.25, 0.3) is 0 Å². The van der Waals surface area contributed by atoms with Gasteiger partial charge in [-0.15, -0.1) is 0 Å². The number of benzene rings is 1. The van der Waals surface area contributed by atoms with Crippen LogP contribution in [0.4, 0.5) is 0 Å². The van der Waals surface area contributed by atoms with Crippen molar-refractivity contribution in [2.45, 2.75) is 26.2 Å². The van der Waals surface area contributed by atoms with Gasteiger partial charge in [-0.1, -0.05) is 30.3 Å². The van der Waals surface area contributed by atoms with Gasteiger partial charge in [0.05, 0.1) is 12.2 Å². The van der Waals surface area contributed by atoms with Gasteiger partial charge in [0.1, 0.15) is 0 Å². The highest BCUT2D eigenvalue weighted by Crippen LogP contribution is 2.33. The molecule has 1 amide bonds. The first-order valence-electron chi connectivity index (χ1n) is 6.36. The van der Waals surface area contributed by atoms with Crippen LogP contribution in [-0.4, -0.2) is 18.5 Å². The molecule has 4 nitrogen and oxygen atoms in total. The van der Waals surface area contributed by atoms with Crippen molar-refractivity contribution < 1.29 is 14.3 Å². The summed E-state index contributed by atoms with van der Waals surface area (Å²) >= 11 is 0. The summed E-state index contributed by atoms with van der Waals surface area (Å²) < 4.78 is 5.09. The summed E-state index contributed by atoms with van der Waals surface area (Å²) in [5, 5.41) is 2.71. The molecule has 1 atom stereocenters. The van der Waals surface area contributed by atoms with Crippen LogP contribution in [0.1, 0.15) is 31.7 Å².